The Bertz CT molecular complexity index is 507. The van der Waals surface area contributed by atoms with Gasteiger partial charge >= 0.3 is 0 Å². The van der Waals surface area contributed by atoms with Crippen molar-refractivity contribution in [1.29, 1.82) is 0 Å². The van der Waals surface area contributed by atoms with Gasteiger partial charge in [-0.05, 0) is 36.9 Å². The van der Waals surface area contributed by atoms with Gasteiger partial charge < -0.3 is 5.32 Å². The SMILES string of the molecule is CCCNCc1ccc(S(=O)(=O)NCC(C)(C)CC)s1. The van der Waals surface area contributed by atoms with Crippen LogP contribution >= 0.6 is 11.3 Å². The zero-order valence-electron chi connectivity index (χ0n) is 12.8. The van der Waals surface area contributed by atoms with E-state index in [0.717, 1.165) is 30.8 Å². The van der Waals surface area contributed by atoms with Crippen molar-refractivity contribution in [1.82, 2.24) is 10.0 Å². The minimum Gasteiger partial charge on any atom is -0.312 e. The Morgan fingerprint density at radius 3 is 2.55 bits per heavy atom. The largest absolute Gasteiger partial charge is 0.312 e. The van der Waals surface area contributed by atoms with Crippen LogP contribution in [0.25, 0.3) is 0 Å². The monoisotopic (exact) mass is 318 g/mol. The van der Waals surface area contributed by atoms with Crippen LogP contribution in [-0.2, 0) is 16.6 Å². The summed E-state index contributed by atoms with van der Waals surface area (Å²) in [6.45, 7) is 10.4. The summed E-state index contributed by atoms with van der Waals surface area (Å²) in [5.41, 5.74) is -0.0180. The van der Waals surface area contributed by atoms with Crippen molar-refractivity contribution in [2.24, 2.45) is 5.41 Å². The molecule has 0 unspecified atom stereocenters. The van der Waals surface area contributed by atoms with Gasteiger partial charge in [0.25, 0.3) is 0 Å². The molecule has 1 heterocycles. The number of hydrogen-bond acceptors (Lipinski definition) is 4. The first-order chi connectivity index (χ1) is 9.30. The Balaban J connectivity index is 2.64. The summed E-state index contributed by atoms with van der Waals surface area (Å²) in [4.78, 5) is 1.05. The van der Waals surface area contributed by atoms with E-state index in [1.807, 2.05) is 6.07 Å². The highest BCUT2D eigenvalue weighted by molar-refractivity contribution is 7.91. The molecule has 1 rings (SSSR count). The van der Waals surface area contributed by atoms with Crippen LogP contribution in [0.15, 0.2) is 16.3 Å². The fraction of sp³-hybridized carbons (Fsp3) is 0.714. The molecule has 1 aromatic heterocycles. The normalized spacial score (nSPS) is 12.8. The number of sulfonamides is 1. The Morgan fingerprint density at radius 1 is 1.25 bits per heavy atom. The average Bonchev–Trinajstić information content (AvgIpc) is 2.87. The van der Waals surface area contributed by atoms with Crippen LogP contribution in [0.2, 0.25) is 0 Å². The second kappa shape index (κ2) is 7.54. The molecule has 0 aliphatic rings. The lowest BCUT2D eigenvalue weighted by atomic mass is 9.91. The number of hydrogen-bond donors (Lipinski definition) is 2. The van der Waals surface area contributed by atoms with Gasteiger partial charge in [0.2, 0.25) is 10.0 Å². The van der Waals surface area contributed by atoms with Gasteiger partial charge in [-0.3, -0.25) is 0 Å². The van der Waals surface area contributed by atoms with Crippen molar-refractivity contribution in [2.45, 2.75) is 51.3 Å². The fourth-order valence-electron chi connectivity index (χ4n) is 1.47. The average molecular weight is 319 g/mol. The molecule has 0 aliphatic heterocycles. The number of nitrogens with one attached hydrogen (secondary N) is 2. The molecule has 6 heteroatoms. The van der Waals surface area contributed by atoms with Crippen molar-refractivity contribution < 1.29 is 8.42 Å². The molecule has 0 radical (unpaired) electrons. The Morgan fingerprint density at radius 2 is 1.95 bits per heavy atom. The van der Waals surface area contributed by atoms with E-state index in [-0.39, 0.29) is 5.41 Å². The summed E-state index contributed by atoms with van der Waals surface area (Å²) < 4.78 is 27.5. The van der Waals surface area contributed by atoms with Gasteiger partial charge in [-0.2, -0.15) is 0 Å². The second-order valence-corrected chi connectivity index (χ2v) is 8.90. The van der Waals surface area contributed by atoms with Gasteiger partial charge in [0.1, 0.15) is 4.21 Å². The third-order valence-corrected chi connectivity index (χ3v) is 6.30. The summed E-state index contributed by atoms with van der Waals surface area (Å²) in [5.74, 6) is 0. The first kappa shape index (κ1) is 17.6. The Labute approximate surface area is 127 Å². The van der Waals surface area contributed by atoms with Crippen molar-refractivity contribution >= 4 is 21.4 Å². The quantitative estimate of drug-likeness (QED) is 0.688. The molecule has 0 fully saturated rings. The van der Waals surface area contributed by atoms with E-state index in [4.69, 9.17) is 0 Å². The smallest absolute Gasteiger partial charge is 0.250 e. The summed E-state index contributed by atoms with van der Waals surface area (Å²) in [6, 6.07) is 3.57. The van der Waals surface area contributed by atoms with E-state index in [2.05, 4.69) is 37.7 Å². The van der Waals surface area contributed by atoms with Crippen molar-refractivity contribution in [2.75, 3.05) is 13.1 Å². The fourth-order valence-corrected chi connectivity index (χ4v) is 4.08. The molecular weight excluding hydrogens is 292 g/mol. The van der Waals surface area contributed by atoms with Crippen LogP contribution in [-0.4, -0.2) is 21.5 Å². The highest BCUT2D eigenvalue weighted by atomic mass is 32.2. The minimum atomic E-state index is -3.37. The van der Waals surface area contributed by atoms with Crippen molar-refractivity contribution in [3.8, 4) is 0 Å². The topological polar surface area (TPSA) is 58.2 Å². The molecule has 0 aromatic carbocycles. The van der Waals surface area contributed by atoms with Crippen LogP contribution in [0.1, 0.15) is 45.4 Å². The maximum atomic E-state index is 12.2. The van der Waals surface area contributed by atoms with Crippen LogP contribution in [0.4, 0.5) is 0 Å². The molecule has 4 nitrogen and oxygen atoms in total. The van der Waals surface area contributed by atoms with Gasteiger partial charge in [-0.25, -0.2) is 13.1 Å². The molecule has 20 heavy (non-hydrogen) atoms. The van der Waals surface area contributed by atoms with E-state index in [0.29, 0.717) is 10.8 Å². The number of rotatable bonds is 9. The van der Waals surface area contributed by atoms with Crippen molar-refractivity contribution in [3.63, 3.8) is 0 Å². The van der Waals surface area contributed by atoms with E-state index in [1.165, 1.54) is 11.3 Å². The lowest BCUT2D eigenvalue weighted by Gasteiger charge is -2.22. The zero-order valence-corrected chi connectivity index (χ0v) is 14.5. The summed E-state index contributed by atoms with van der Waals surface area (Å²) >= 11 is 1.34. The molecule has 0 amide bonds. The van der Waals surface area contributed by atoms with E-state index in [1.54, 1.807) is 6.07 Å². The van der Waals surface area contributed by atoms with E-state index in [9.17, 15) is 8.42 Å². The lowest BCUT2D eigenvalue weighted by Crippen LogP contribution is -2.33. The van der Waals surface area contributed by atoms with Gasteiger partial charge in [-0.15, -0.1) is 11.3 Å². The molecule has 0 saturated carbocycles. The minimum absolute atomic E-state index is 0.0180. The highest BCUT2D eigenvalue weighted by Gasteiger charge is 2.22. The van der Waals surface area contributed by atoms with Gasteiger partial charge in [0, 0.05) is 18.0 Å². The second-order valence-electron chi connectivity index (χ2n) is 5.74. The number of thiophene rings is 1. The molecule has 0 spiro atoms. The molecule has 116 valence electrons. The van der Waals surface area contributed by atoms with Crippen LogP contribution in [0, 0.1) is 5.41 Å². The lowest BCUT2D eigenvalue weighted by molar-refractivity contribution is 0.350. The highest BCUT2D eigenvalue weighted by Crippen LogP contribution is 2.23. The zero-order chi connectivity index (χ0) is 15.2. The van der Waals surface area contributed by atoms with Crippen LogP contribution in [0.5, 0.6) is 0 Å². The maximum Gasteiger partial charge on any atom is 0.250 e. The Hall–Kier alpha value is -0.430. The molecule has 2 N–H and O–H groups in total. The summed E-state index contributed by atoms with van der Waals surface area (Å²) in [7, 11) is -3.37. The van der Waals surface area contributed by atoms with E-state index >= 15 is 0 Å². The van der Waals surface area contributed by atoms with E-state index < -0.39 is 10.0 Å². The molecular formula is C14H26N2O2S2. The molecule has 1 aromatic rings. The Kier molecular flexibility index (Phi) is 6.64. The standard InChI is InChI=1S/C14H26N2O2S2/c1-5-9-15-10-12-7-8-13(19-12)20(17,18)16-11-14(3,4)6-2/h7-8,15-16H,5-6,9-11H2,1-4H3. The third-order valence-electron chi connectivity index (χ3n) is 3.33. The summed E-state index contributed by atoms with van der Waals surface area (Å²) in [5, 5.41) is 3.28. The van der Waals surface area contributed by atoms with Gasteiger partial charge in [-0.1, -0.05) is 27.7 Å². The van der Waals surface area contributed by atoms with Crippen LogP contribution in [0.3, 0.4) is 0 Å². The maximum absolute atomic E-state index is 12.2. The summed E-state index contributed by atoms with van der Waals surface area (Å²) in [6.07, 6.45) is 2.01. The van der Waals surface area contributed by atoms with Crippen LogP contribution < -0.4 is 10.0 Å². The molecule has 0 atom stereocenters. The first-order valence-corrected chi connectivity index (χ1v) is 9.40. The van der Waals surface area contributed by atoms with Crippen molar-refractivity contribution in [3.05, 3.63) is 17.0 Å². The predicted molar refractivity (Wildman–Crippen MR) is 85.6 cm³/mol. The first-order valence-electron chi connectivity index (χ1n) is 7.10. The predicted octanol–water partition coefficient (Wildman–Crippen LogP) is 2.96. The van der Waals surface area contributed by atoms with Gasteiger partial charge in [0.05, 0.1) is 0 Å². The molecule has 0 bridgehead atoms. The third kappa shape index (κ3) is 5.52. The molecule has 0 saturated heterocycles. The van der Waals surface area contributed by atoms with Gasteiger partial charge in [0.15, 0.2) is 0 Å². The molecule has 0 aliphatic carbocycles.